The lowest BCUT2D eigenvalue weighted by atomic mass is 10.1. The Balaban J connectivity index is 2.00. The third-order valence-corrected chi connectivity index (χ3v) is 4.24. The van der Waals surface area contributed by atoms with Crippen LogP contribution in [0, 0.1) is 0 Å². The number of likely N-dealkylation sites (N-methyl/N-ethyl adjacent to an activating group) is 1. The zero-order valence-electron chi connectivity index (χ0n) is 13.7. The van der Waals surface area contributed by atoms with Crippen LogP contribution >= 0.6 is 11.6 Å². The van der Waals surface area contributed by atoms with Gasteiger partial charge in [0.1, 0.15) is 0 Å². The summed E-state index contributed by atoms with van der Waals surface area (Å²) in [5.41, 5.74) is 3.18. The SMILES string of the molecule is CCN(CC)C[C@H](O)c1ccc(/C=C\c2ccc(Cl)cc2)cc1. The molecule has 2 nitrogen and oxygen atoms in total. The second-order valence-electron chi connectivity index (χ2n) is 5.55. The number of nitrogens with zero attached hydrogens (tertiary/aromatic N) is 1. The molecule has 0 unspecified atom stereocenters. The van der Waals surface area contributed by atoms with Gasteiger partial charge in [0.15, 0.2) is 0 Å². The predicted octanol–water partition coefficient (Wildman–Crippen LogP) is 4.89. The zero-order valence-corrected chi connectivity index (χ0v) is 14.5. The summed E-state index contributed by atoms with van der Waals surface area (Å²) in [6.45, 7) is 6.81. The first kappa shape index (κ1) is 17.7. The van der Waals surface area contributed by atoms with E-state index in [1.807, 2.05) is 48.5 Å². The van der Waals surface area contributed by atoms with Crippen LogP contribution in [-0.4, -0.2) is 29.6 Å². The molecule has 0 saturated carbocycles. The number of aliphatic hydroxyl groups is 1. The van der Waals surface area contributed by atoms with Crippen LogP contribution in [0.2, 0.25) is 5.02 Å². The Morgan fingerprint density at radius 2 is 1.39 bits per heavy atom. The van der Waals surface area contributed by atoms with E-state index >= 15 is 0 Å². The molecule has 0 amide bonds. The van der Waals surface area contributed by atoms with Gasteiger partial charge in [-0.3, -0.25) is 0 Å². The van der Waals surface area contributed by atoms with E-state index in [4.69, 9.17) is 11.6 Å². The summed E-state index contributed by atoms with van der Waals surface area (Å²) < 4.78 is 0. The van der Waals surface area contributed by atoms with E-state index in [0.29, 0.717) is 6.54 Å². The first-order valence-corrected chi connectivity index (χ1v) is 8.44. The quantitative estimate of drug-likeness (QED) is 0.731. The highest BCUT2D eigenvalue weighted by Gasteiger charge is 2.10. The standard InChI is InChI=1S/C20H24ClNO/c1-3-22(4-2)15-20(23)18-11-7-16(8-12-18)5-6-17-9-13-19(21)14-10-17/h5-14,20,23H,3-4,15H2,1-2H3/b6-5-/t20-/m0/s1. The van der Waals surface area contributed by atoms with Crippen molar-refractivity contribution in [2.45, 2.75) is 20.0 Å². The predicted molar refractivity (Wildman–Crippen MR) is 99.6 cm³/mol. The highest BCUT2D eigenvalue weighted by Crippen LogP contribution is 2.17. The van der Waals surface area contributed by atoms with Gasteiger partial charge in [-0.15, -0.1) is 0 Å². The van der Waals surface area contributed by atoms with Gasteiger partial charge >= 0.3 is 0 Å². The molecule has 0 bridgehead atoms. The molecule has 3 heteroatoms. The van der Waals surface area contributed by atoms with E-state index in [1.165, 1.54) is 0 Å². The number of rotatable bonds is 7. The van der Waals surface area contributed by atoms with Gasteiger partial charge in [0.25, 0.3) is 0 Å². The van der Waals surface area contributed by atoms with Crippen LogP contribution in [0.4, 0.5) is 0 Å². The summed E-state index contributed by atoms with van der Waals surface area (Å²) in [6, 6.07) is 15.8. The second-order valence-corrected chi connectivity index (χ2v) is 5.99. The maximum atomic E-state index is 10.3. The maximum Gasteiger partial charge on any atom is 0.0916 e. The number of halogens is 1. The normalized spacial score (nSPS) is 12.9. The Hall–Kier alpha value is -1.61. The van der Waals surface area contributed by atoms with E-state index in [2.05, 4.69) is 30.9 Å². The van der Waals surface area contributed by atoms with Crippen LogP contribution in [0.5, 0.6) is 0 Å². The van der Waals surface area contributed by atoms with Crippen molar-refractivity contribution >= 4 is 23.8 Å². The topological polar surface area (TPSA) is 23.5 Å². The molecule has 2 aromatic rings. The summed E-state index contributed by atoms with van der Waals surface area (Å²) in [7, 11) is 0. The number of benzene rings is 2. The van der Waals surface area contributed by atoms with Crippen LogP contribution in [0.3, 0.4) is 0 Å². The van der Waals surface area contributed by atoms with Gasteiger partial charge in [0.2, 0.25) is 0 Å². The Labute approximate surface area is 144 Å². The molecule has 0 saturated heterocycles. The third kappa shape index (κ3) is 5.51. The minimum atomic E-state index is -0.441. The molecule has 0 aliphatic rings. The van der Waals surface area contributed by atoms with E-state index in [1.54, 1.807) is 0 Å². The molecule has 122 valence electrons. The Morgan fingerprint density at radius 3 is 1.87 bits per heavy atom. The van der Waals surface area contributed by atoms with Gasteiger partial charge in [-0.2, -0.15) is 0 Å². The van der Waals surface area contributed by atoms with Crippen LogP contribution in [0.25, 0.3) is 12.2 Å². The van der Waals surface area contributed by atoms with Crippen molar-refractivity contribution in [3.8, 4) is 0 Å². The van der Waals surface area contributed by atoms with Crippen molar-refractivity contribution in [3.63, 3.8) is 0 Å². The van der Waals surface area contributed by atoms with Crippen molar-refractivity contribution < 1.29 is 5.11 Å². The summed E-state index contributed by atoms with van der Waals surface area (Å²) in [5.74, 6) is 0. The van der Waals surface area contributed by atoms with Crippen LogP contribution < -0.4 is 0 Å². The molecule has 0 heterocycles. The molecule has 23 heavy (non-hydrogen) atoms. The summed E-state index contributed by atoms with van der Waals surface area (Å²) in [6.07, 6.45) is 3.67. The highest BCUT2D eigenvalue weighted by atomic mass is 35.5. The lowest BCUT2D eigenvalue weighted by Crippen LogP contribution is -2.28. The number of hydrogen-bond donors (Lipinski definition) is 1. The zero-order chi connectivity index (χ0) is 16.7. The molecule has 2 rings (SSSR count). The molecule has 0 aliphatic carbocycles. The minimum absolute atomic E-state index is 0.441. The molecule has 0 radical (unpaired) electrons. The lowest BCUT2D eigenvalue weighted by molar-refractivity contribution is 0.119. The van der Waals surface area contributed by atoms with Crippen molar-refractivity contribution in [1.82, 2.24) is 4.90 Å². The Morgan fingerprint density at radius 1 is 0.913 bits per heavy atom. The van der Waals surface area contributed by atoms with Crippen molar-refractivity contribution in [1.29, 1.82) is 0 Å². The molecule has 1 atom stereocenters. The van der Waals surface area contributed by atoms with Crippen molar-refractivity contribution in [2.24, 2.45) is 0 Å². The fourth-order valence-electron chi connectivity index (χ4n) is 2.43. The second kappa shape index (κ2) is 8.88. The molecule has 2 aromatic carbocycles. The van der Waals surface area contributed by atoms with E-state index < -0.39 is 6.10 Å². The molecular weight excluding hydrogens is 306 g/mol. The number of aliphatic hydroxyl groups excluding tert-OH is 1. The molecule has 0 spiro atoms. The fraction of sp³-hybridized carbons (Fsp3) is 0.300. The maximum absolute atomic E-state index is 10.3. The third-order valence-electron chi connectivity index (χ3n) is 3.99. The largest absolute Gasteiger partial charge is 0.387 e. The number of hydrogen-bond acceptors (Lipinski definition) is 2. The van der Waals surface area contributed by atoms with E-state index in [-0.39, 0.29) is 0 Å². The molecule has 1 N–H and O–H groups in total. The molecule has 0 aliphatic heterocycles. The average Bonchev–Trinajstić information content (AvgIpc) is 2.59. The van der Waals surface area contributed by atoms with Crippen molar-refractivity contribution in [3.05, 3.63) is 70.2 Å². The average molecular weight is 330 g/mol. The van der Waals surface area contributed by atoms with E-state index in [9.17, 15) is 5.11 Å². The van der Waals surface area contributed by atoms with E-state index in [0.717, 1.165) is 34.8 Å². The van der Waals surface area contributed by atoms with Crippen LogP contribution in [0.1, 0.15) is 36.6 Å². The molecule has 0 aromatic heterocycles. The van der Waals surface area contributed by atoms with Gasteiger partial charge < -0.3 is 10.0 Å². The first-order valence-electron chi connectivity index (χ1n) is 8.06. The van der Waals surface area contributed by atoms with Gasteiger partial charge in [-0.25, -0.2) is 0 Å². The summed E-state index contributed by atoms with van der Waals surface area (Å²) >= 11 is 5.88. The molecule has 0 fully saturated rings. The van der Waals surface area contributed by atoms with Crippen molar-refractivity contribution in [2.75, 3.05) is 19.6 Å². The van der Waals surface area contributed by atoms with Gasteiger partial charge in [-0.1, -0.05) is 74.0 Å². The van der Waals surface area contributed by atoms with Gasteiger partial charge in [0, 0.05) is 11.6 Å². The van der Waals surface area contributed by atoms with Crippen LogP contribution in [0.15, 0.2) is 48.5 Å². The first-order chi connectivity index (χ1) is 11.1. The van der Waals surface area contributed by atoms with Gasteiger partial charge in [0.05, 0.1) is 6.10 Å². The minimum Gasteiger partial charge on any atom is -0.387 e. The van der Waals surface area contributed by atoms with Crippen LogP contribution in [-0.2, 0) is 0 Å². The molecular formula is C20H24ClNO. The lowest BCUT2D eigenvalue weighted by Gasteiger charge is -2.22. The Bertz CT molecular complexity index is 615. The smallest absolute Gasteiger partial charge is 0.0916 e. The summed E-state index contributed by atoms with van der Waals surface area (Å²) in [5, 5.41) is 11.0. The Kier molecular flexibility index (Phi) is 6.85. The van der Waals surface area contributed by atoms with Gasteiger partial charge in [-0.05, 0) is 41.9 Å². The monoisotopic (exact) mass is 329 g/mol. The highest BCUT2D eigenvalue weighted by molar-refractivity contribution is 6.30. The fourth-order valence-corrected chi connectivity index (χ4v) is 2.55. The summed E-state index contributed by atoms with van der Waals surface area (Å²) in [4.78, 5) is 2.22.